The van der Waals surface area contributed by atoms with E-state index < -0.39 is 0 Å². The molecule has 0 unspecified atom stereocenters. The summed E-state index contributed by atoms with van der Waals surface area (Å²) in [7, 11) is 0. The molecule has 0 aliphatic carbocycles. The predicted molar refractivity (Wildman–Crippen MR) is 139 cm³/mol. The monoisotopic (exact) mass is 400 g/mol. The quantitative estimate of drug-likeness (QED) is 0.178. The second-order valence-corrected chi connectivity index (χ2v) is 9.22. The molecule has 8 rings (SSSR count). The molecule has 0 heterocycles. The van der Waals surface area contributed by atoms with Gasteiger partial charge in [-0.1, -0.05) is 36.1 Å². The highest BCUT2D eigenvalue weighted by Gasteiger charge is 2.28. The van der Waals surface area contributed by atoms with E-state index in [1.54, 1.807) is 0 Å². The van der Waals surface area contributed by atoms with Crippen LogP contribution in [0.1, 0.15) is 22.3 Å². The van der Waals surface area contributed by atoms with E-state index in [1.807, 2.05) is 0 Å². The fraction of sp³-hybridized carbons (Fsp3) is 0.0625. The molecule has 0 heteroatoms. The van der Waals surface area contributed by atoms with Gasteiger partial charge in [0.1, 0.15) is 0 Å². The lowest BCUT2D eigenvalue weighted by Crippen LogP contribution is -1.91. The highest BCUT2D eigenvalue weighted by molar-refractivity contribution is 6.51. The van der Waals surface area contributed by atoms with Gasteiger partial charge in [-0.3, -0.25) is 0 Å². The molecule has 0 nitrogen and oxygen atoms in total. The van der Waals surface area contributed by atoms with Crippen molar-refractivity contribution in [3.63, 3.8) is 0 Å². The van der Waals surface area contributed by atoms with Gasteiger partial charge in [-0.2, -0.15) is 0 Å². The van der Waals surface area contributed by atoms with Gasteiger partial charge in [0.25, 0.3) is 0 Å². The minimum absolute atomic E-state index is 0.973. The van der Waals surface area contributed by atoms with Crippen molar-refractivity contribution in [3.8, 4) is 24.7 Å². The minimum atomic E-state index is 0.973. The molecule has 0 aliphatic heterocycles. The SMILES string of the molecule is C#Cc1cc2c(C)c(C)c3cc(C#C)c4cc5c6ccccc6c6cc1c1c2c3c4c1c65. The first kappa shape index (κ1) is 16.4. The summed E-state index contributed by atoms with van der Waals surface area (Å²) in [5.74, 6) is 6.01. The van der Waals surface area contributed by atoms with Gasteiger partial charge < -0.3 is 0 Å². The molecule has 0 radical (unpaired) electrons. The van der Waals surface area contributed by atoms with Crippen LogP contribution in [0.15, 0.2) is 48.5 Å². The third-order valence-corrected chi connectivity index (χ3v) is 8.04. The molecule has 0 N–H and O–H groups in total. The van der Waals surface area contributed by atoms with Crippen molar-refractivity contribution >= 4 is 75.4 Å². The van der Waals surface area contributed by atoms with E-state index in [-0.39, 0.29) is 0 Å². The summed E-state index contributed by atoms with van der Waals surface area (Å²) in [6, 6.07) is 17.8. The smallest absolute Gasteiger partial charge is 0.0327 e. The number of benzene rings is 6. The zero-order chi connectivity index (χ0) is 21.5. The van der Waals surface area contributed by atoms with Gasteiger partial charge in [0, 0.05) is 11.1 Å². The van der Waals surface area contributed by atoms with Crippen LogP contribution in [0.4, 0.5) is 0 Å². The lowest BCUT2D eigenvalue weighted by Gasteiger charge is -2.14. The highest BCUT2D eigenvalue weighted by atomic mass is 14.3. The lowest BCUT2D eigenvalue weighted by molar-refractivity contribution is 1.42. The Bertz CT molecular complexity index is 2000. The molecule has 8 aromatic carbocycles. The molecular weight excluding hydrogens is 384 g/mol. The molecule has 0 bridgehead atoms. The summed E-state index contributed by atoms with van der Waals surface area (Å²) >= 11 is 0. The first-order valence-corrected chi connectivity index (χ1v) is 11.0. The average molecular weight is 400 g/mol. The van der Waals surface area contributed by atoms with E-state index >= 15 is 0 Å². The standard InChI is InChI=1S/C32H16/c1-5-17-11-21-15(3)16(4)22-12-18(6-2)24-14-26-20-10-8-7-9-19(20)25-13-23(17)30-28(21)29(22)31(24)32(30)27(25)26/h1-2,7-14H,3-4H3. The zero-order valence-electron chi connectivity index (χ0n) is 17.8. The van der Waals surface area contributed by atoms with Crippen molar-refractivity contribution in [1.29, 1.82) is 0 Å². The van der Waals surface area contributed by atoms with Gasteiger partial charge in [-0.15, -0.1) is 12.8 Å². The van der Waals surface area contributed by atoms with Crippen molar-refractivity contribution in [2.45, 2.75) is 13.8 Å². The molecule has 0 atom stereocenters. The Morgan fingerprint density at radius 1 is 0.469 bits per heavy atom. The predicted octanol–water partition coefficient (Wildman–Crippen LogP) is 8.09. The second-order valence-electron chi connectivity index (χ2n) is 9.22. The van der Waals surface area contributed by atoms with Crippen LogP contribution < -0.4 is 0 Å². The Morgan fingerprint density at radius 3 is 1.34 bits per heavy atom. The molecule has 32 heavy (non-hydrogen) atoms. The Kier molecular flexibility index (Phi) is 2.55. The van der Waals surface area contributed by atoms with Crippen molar-refractivity contribution in [2.75, 3.05) is 0 Å². The van der Waals surface area contributed by atoms with Gasteiger partial charge in [-0.25, -0.2) is 0 Å². The maximum atomic E-state index is 6.08. The Morgan fingerprint density at radius 2 is 0.906 bits per heavy atom. The van der Waals surface area contributed by atoms with E-state index in [0.717, 1.165) is 11.1 Å². The lowest BCUT2D eigenvalue weighted by atomic mass is 9.89. The molecule has 0 amide bonds. The third-order valence-electron chi connectivity index (χ3n) is 8.04. The fourth-order valence-electron chi connectivity index (χ4n) is 6.57. The summed E-state index contributed by atoms with van der Waals surface area (Å²) in [6.07, 6.45) is 12.2. The highest BCUT2D eigenvalue weighted by Crippen LogP contribution is 2.55. The summed E-state index contributed by atoms with van der Waals surface area (Å²) in [4.78, 5) is 0. The van der Waals surface area contributed by atoms with Crippen molar-refractivity contribution < 1.29 is 0 Å². The van der Waals surface area contributed by atoms with Gasteiger partial charge in [0.05, 0.1) is 0 Å². The van der Waals surface area contributed by atoms with Crippen LogP contribution in [-0.2, 0) is 0 Å². The van der Waals surface area contributed by atoms with Crippen molar-refractivity contribution in [2.24, 2.45) is 0 Å². The van der Waals surface area contributed by atoms with Crippen LogP contribution in [-0.4, -0.2) is 0 Å². The fourth-order valence-corrected chi connectivity index (χ4v) is 6.57. The number of fused-ring (bicyclic) bond motifs is 3. The zero-order valence-corrected chi connectivity index (χ0v) is 17.8. The number of terminal acetylenes is 2. The molecule has 144 valence electrons. The van der Waals surface area contributed by atoms with Crippen LogP contribution in [0.3, 0.4) is 0 Å². The van der Waals surface area contributed by atoms with Crippen molar-refractivity contribution in [3.05, 3.63) is 70.8 Å². The van der Waals surface area contributed by atoms with Crippen LogP contribution in [0.25, 0.3) is 75.4 Å². The summed E-state index contributed by atoms with van der Waals surface area (Å²) in [5, 5.41) is 18.1. The average Bonchev–Trinajstić information content (AvgIpc) is 3.34. The summed E-state index contributed by atoms with van der Waals surface area (Å²) in [5.41, 5.74) is 4.52. The summed E-state index contributed by atoms with van der Waals surface area (Å²) in [6.45, 7) is 4.42. The molecule has 0 spiro atoms. The second kappa shape index (κ2) is 4.96. The van der Waals surface area contributed by atoms with Crippen LogP contribution >= 0.6 is 0 Å². The van der Waals surface area contributed by atoms with Gasteiger partial charge in [0.15, 0.2) is 0 Å². The molecule has 0 aliphatic rings. The number of hydrogen-bond donors (Lipinski definition) is 0. The summed E-state index contributed by atoms with van der Waals surface area (Å²) < 4.78 is 0. The Hall–Kier alpha value is -4.26. The Balaban J connectivity index is 1.93. The van der Waals surface area contributed by atoms with Crippen LogP contribution in [0, 0.1) is 38.5 Å². The Labute approximate surface area is 184 Å². The van der Waals surface area contributed by atoms with E-state index in [9.17, 15) is 0 Å². The normalized spacial score (nSPS) is 12.6. The van der Waals surface area contributed by atoms with Crippen LogP contribution in [0.5, 0.6) is 0 Å². The molecule has 0 saturated heterocycles. The minimum Gasteiger partial charge on any atom is -0.115 e. The maximum absolute atomic E-state index is 6.08. The first-order valence-electron chi connectivity index (χ1n) is 11.0. The number of aryl methyl sites for hydroxylation is 2. The topological polar surface area (TPSA) is 0 Å². The number of rotatable bonds is 0. The van der Waals surface area contributed by atoms with Gasteiger partial charge in [0.2, 0.25) is 0 Å². The van der Waals surface area contributed by atoms with E-state index in [1.165, 1.54) is 86.5 Å². The van der Waals surface area contributed by atoms with Gasteiger partial charge in [-0.05, 0) is 125 Å². The third kappa shape index (κ3) is 1.49. The van der Waals surface area contributed by atoms with E-state index in [2.05, 4.69) is 74.2 Å². The molecular formula is C32H16. The van der Waals surface area contributed by atoms with E-state index in [0.29, 0.717) is 0 Å². The van der Waals surface area contributed by atoms with Crippen LogP contribution in [0.2, 0.25) is 0 Å². The molecule has 0 saturated carbocycles. The molecule has 0 aromatic heterocycles. The maximum Gasteiger partial charge on any atom is 0.0327 e. The molecule has 0 fully saturated rings. The van der Waals surface area contributed by atoms with Crippen molar-refractivity contribution in [1.82, 2.24) is 0 Å². The van der Waals surface area contributed by atoms with E-state index in [4.69, 9.17) is 12.8 Å². The van der Waals surface area contributed by atoms with Gasteiger partial charge >= 0.3 is 0 Å². The first-order chi connectivity index (χ1) is 15.6. The molecule has 8 aromatic rings. The number of hydrogen-bond acceptors (Lipinski definition) is 0. The largest absolute Gasteiger partial charge is 0.115 e.